The van der Waals surface area contributed by atoms with Crippen molar-refractivity contribution in [2.75, 3.05) is 13.6 Å². The molecule has 0 fully saturated rings. The molecule has 0 aromatic heterocycles. The van der Waals surface area contributed by atoms with Gasteiger partial charge in [-0.1, -0.05) is 18.2 Å². The lowest BCUT2D eigenvalue weighted by molar-refractivity contribution is 0.0807. The van der Waals surface area contributed by atoms with Gasteiger partial charge in [-0.25, -0.2) is 0 Å². The number of phenols is 1. The highest BCUT2D eigenvalue weighted by molar-refractivity contribution is 5.96. The number of benzene rings is 1. The zero-order valence-corrected chi connectivity index (χ0v) is 8.10. The van der Waals surface area contributed by atoms with Crippen LogP contribution in [0.25, 0.3) is 0 Å². The number of aromatic hydroxyl groups is 1. The number of amides is 1. The van der Waals surface area contributed by atoms with Gasteiger partial charge in [-0.05, 0) is 12.1 Å². The van der Waals surface area contributed by atoms with Crippen molar-refractivity contribution in [3.05, 3.63) is 42.5 Å². The SMILES string of the molecule is C=CCN(C)C(=O)c1ccccc1O. The minimum absolute atomic E-state index is 0.00779. The van der Waals surface area contributed by atoms with Crippen molar-refractivity contribution in [1.82, 2.24) is 4.90 Å². The number of hydrogen-bond donors (Lipinski definition) is 1. The Labute approximate surface area is 83.3 Å². The smallest absolute Gasteiger partial charge is 0.257 e. The van der Waals surface area contributed by atoms with Crippen LogP contribution in [-0.4, -0.2) is 29.5 Å². The van der Waals surface area contributed by atoms with Crippen LogP contribution in [0, 0.1) is 0 Å². The van der Waals surface area contributed by atoms with Crippen molar-refractivity contribution >= 4 is 5.91 Å². The fourth-order valence-electron chi connectivity index (χ4n) is 1.14. The summed E-state index contributed by atoms with van der Waals surface area (Å²) in [5.74, 6) is -0.198. The Morgan fingerprint density at radius 1 is 1.57 bits per heavy atom. The highest BCUT2D eigenvalue weighted by Crippen LogP contribution is 2.16. The average molecular weight is 191 g/mol. The van der Waals surface area contributed by atoms with E-state index >= 15 is 0 Å². The zero-order valence-electron chi connectivity index (χ0n) is 8.10. The number of para-hydroxylation sites is 1. The summed E-state index contributed by atoms with van der Waals surface area (Å²) in [7, 11) is 1.66. The van der Waals surface area contributed by atoms with E-state index in [0.717, 1.165) is 0 Å². The third kappa shape index (κ3) is 2.13. The molecule has 1 aromatic rings. The van der Waals surface area contributed by atoms with Gasteiger partial charge in [0, 0.05) is 13.6 Å². The lowest BCUT2D eigenvalue weighted by Crippen LogP contribution is -2.26. The second kappa shape index (κ2) is 4.46. The highest BCUT2D eigenvalue weighted by atomic mass is 16.3. The van der Waals surface area contributed by atoms with Gasteiger partial charge in [0.25, 0.3) is 5.91 Å². The highest BCUT2D eigenvalue weighted by Gasteiger charge is 2.13. The normalized spacial score (nSPS) is 9.50. The Kier molecular flexibility index (Phi) is 3.29. The number of nitrogens with zero attached hydrogens (tertiary/aromatic N) is 1. The molecule has 0 atom stereocenters. The molecule has 3 nitrogen and oxygen atoms in total. The van der Waals surface area contributed by atoms with Crippen LogP contribution >= 0.6 is 0 Å². The van der Waals surface area contributed by atoms with E-state index in [9.17, 15) is 9.90 Å². The second-order valence-electron chi connectivity index (χ2n) is 2.99. The monoisotopic (exact) mass is 191 g/mol. The molecule has 1 amide bonds. The molecule has 74 valence electrons. The third-order valence-electron chi connectivity index (χ3n) is 1.88. The lowest BCUT2D eigenvalue weighted by atomic mass is 10.2. The average Bonchev–Trinajstić information content (AvgIpc) is 2.18. The quantitative estimate of drug-likeness (QED) is 0.738. The molecule has 0 saturated carbocycles. The van der Waals surface area contributed by atoms with Crippen LogP contribution in [0.3, 0.4) is 0 Å². The van der Waals surface area contributed by atoms with Crippen molar-refractivity contribution in [2.45, 2.75) is 0 Å². The standard InChI is InChI=1S/C11H13NO2/c1-3-8-12(2)11(14)9-6-4-5-7-10(9)13/h3-7,13H,1,8H2,2H3. The Balaban J connectivity index is 2.89. The van der Waals surface area contributed by atoms with Crippen molar-refractivity contribution in [3.63, 3.8) is 0 Å². The first kappa shape index (κ1) is 10.3. The summed E-state index contributed by atoms with van der Waals surface area (Å²) in [6, 6.07) is 6.49. The van der Waals surface area contributed by atoms with Crippen LogP contribution in [0.4, 0.5) is 0 Å². The molecule has 14 heavy (non-hydrogen) atoms. The molecule has 0 heterocycles. The zero-order chi connectivity index (χ0) is 10.6. The minimum atomic E-state index is -0.206. The van der Waals surface area contributed by atoms with Crippen LogP contribution in [-0.2, 0) is 0 Å². The number of carbonyl (C=O) groups is 1. The Morgan fingerprint density at radius 2 is 2.21 bits per heavy atom. The van der Waals surface area contributed by atoms with Gasteiger partial charge in [-0.15, -0.1) is 6.58 Å². The molecule has 1 aromatic carbocycles. The van der Waals surface area contributed by atoms with Gasteiger partial charge < -0.3 is 10.0 Å². The maximum Gasteiger partial charge on any atom is 0.257 e. The first-order chi connectivity index (χ1) is 6.66. The Bertz CT molecular complexity index is 347. The van der Waals surface area contributed by atoms with Crippen LogP contribution < -0.4 is 0 Å². The summed E-state index contributed by atoms with van der Waals surface area (Å²) in [5, 5.41) is 9.42. The molecule has 3 heteroatoms. The van der Waals surface area contributed by atoms with Crippen molar-refractivity contribution < 1.29 is 9.90 Å². The van der Waals surface area contributed by atoms with E-state index in [1.165, 1.54) is 11.0 Å². The molecule has 0 bridgehead atoms. The van der Waals surface area contributed by atoms with E-state index in [1.807, 2.05) is 0 Å². The molecule has 0 aliphatic heterocycles. The molecule has 0 radical (unpaired) electrons. The fraction of sp³-hybridized carbons (Fsp3) is 0.182. The van der Waals surface area contributed by atoms with E-state index in [1.54, 1.807) is 31.3 Å². The molecular weight excluding hydrogens is 178 g/mol. The molecule has 0 aliphatic rings. The number of likely N-dealkylation sites (N-methyl/N-ethyl adjacent to an activating group) is 1. The maximum absolute atomic E-state index is 11.7. The first-order valence-electron chi connectivity index (χ1n) is 4.31. The maximum atomic E-state index is 11.7. The summed E-state index contributed by atoms with van der Waals surface area (Å²) >= 11 is 0. The molecule has 0 spiro atoms. The largest absolute Gasteiger partial charge is 0.507 e. The van der Waals surface area contributed by atoms with Gasteiger partial charge in [-0.2, -0.15) is 0 Å². The number of rotatable bonds is 3. The number of phenolic OH excluding ortho intramolecular Hbond substituents is 1. The van der Waals surface area contributed by atoms with Gasteiger partial charge in [0.2, 0.25) is 0 Å². The van der Waals surface area contributed by atoms with E-state index in [-0.39, 0.29) is 11.7 Å². The van der Waals surface area contributed by atoms with Gasteiger partial charge in [0.15, 0.2) is 0 Å². The van der Waals surface area contributed by atoms with E-state index in [0.29, 0.717) is 12.1 Å². The molecule has 0 saturated heterocycles. The van der Waals surface area contributed by atoms with Crippen molar-refractivity contribution in [3.8, 4) is 5.75 Å². The fourth-order valence-corrected chi connectivity index (χ4v) is 1.14. The predicted molar refractivity (Wildman–Crippen MR) is 55.3 cm³/mol. The summed E-state index contributed by atoms with van der Waals surface area (Å²) in [5.41, 5.74) is 0.317. The van der Waals surface area contributed by atoms with Gasteiger partial charge >= 0.3 is 0 Å². The van der Waals surface area contributed by atoms with Crippen molar-refractivity contribution in [2.24, 2.45) is 0 Å². The van der Waals surface area contributed by atoms with Gasteiger partial charge in [0.1, 0.15) is 5.75 Å². The van der Waals surface area contributed by atoms with Gasteiger partial charge in [-0.3, -0.25) is 4.79 Å². The molecule has 1 rings (SSSR count). The minimum Gasteiger partial charge on any atom is -0.507 e. The number of carbonyl (C=O) groups excluding carboxylic acids is 1. The van der Waals surface area contributed by atoms with Crippen LogP contribution in [0.15, 0.2) is 36.9 Å². The molecule has 0 aliphatic carbocycles. The van der Waals surface area contributed by atoms with E-state index in [4.69, 9.17) is 0 Å². The Hall–Kier alpha value is -1.77. The summed E-state index contributed by atoms with van der Waals surface area (Å²) in [4.78, 5) is 13.2. The molecule has 0 unspecified atom stereocenters. The van der Waals surface area contributed by atoms with E-state index < -0.39 is 0 Å². The van der Waals surface area contributed by atoms with Crippen molar-refractivity contribution in [1.29, 1.82) is 0 Å². The predicted octanol–water partition coefficient (Wildman–Crippen LogP) is 1.65. The topological polar surface area (TPSA) is 40.5 Å². The first-order valence-corrected chi connectivity index (χ1v) is 4.31. The van der Waals surface area contributed by atoms with Gasteiger partial charge in [0.05, 0.1) is 5.56 Å². The molecular formula is C11H13NO2. The molecule has 1 N–H and O–H groups in total. The summed E-state index contributed by atoms with van der Waals surface area (Å²) in [6.07, 6.45) is 1.64. The summed E-state index contributed by atoms with van der Waals surface area (Å²) in [6.45, 7) is 4.01. The van der Waals surface area contributed by atoms with Crippen LogP contribution in [0.1, 0.15) is 10.4 Å². The van der Waals surface area contributed by atoms with E-state index in [2.05, 4.69) is 6.58 Å². The van der Waals surface area contributed by atoms with Crippen LogP contribution in [0.5, 0.6) is 5.75 Å². The third-order valence-corrected chi connectivity index (χ3v) is 1.88. The Morgan fingerprint density at radius 3 is 2.79 bits per heavy atom. The lowest BCUT2D eigenvalue weighted by Gasteiger charge is -2.15. The second-order valence-corrected chi connectivity index (χ2v) is 2.99. The summed E-state index contributed by atoms with van der Waals surface area (Å²) < 4.78 is 0. The number of hydrogen-bond acceptors (Lipinski definition) is 2. The van der Waals surface area contributed by atoms with Crippen LogP contribution in [0.2, 0.25) is 0 Å².